The summed E-state index contributed by atoms with van der Waals surface area (Å²) in [5.74, 6) is 0.581. The van der Waals surface area contributed by atoms with Gasteiger partial charge in [-0.25, -0.2) is 9.59 Å². The molecule has 0 saturated heterocycles. The second kappa shape index (κ2) is 6.89. The van der Waals surface area contributed by atoms with Gasteiger partial charge < -0.3 is 9.47 Å². The highest BCUT2D eigenvalue weighted by Crippen LogP contribution is 2.19. The Bertz CT molecular complexity index is 549. The minimum absolute atomic E-state index is 0.579. The van der Waals surface area contributed by atoms with Crippen LogP contribution in [-0.4, -0.2) is 11.9 Å². The number of carbonyl (C=O) groups excluding carboxylic acids is 2. The first-order valence-corrected chi connectivity index (χ1v) is 5.96. The monoisotopic (exact) mass is 268 g/mol. The molecule has 1 aliphatic heterocycles. The van der Waals surface area contributed by atoms with Crippen molar-refractivity contribution < 1.29 is 19.1 Å². The predicted octanol–water partition coefficient (Wildman–Crippen LogP) is 3.10. The molecule has 3 rings (SSSR count). The fraction of sp³-hybridized carbons (Fsp3) is 0. The van der Waals surface area contributed by atoms with E-state index in [1.807, 2.05) is 60.7 Å². The van der Waals surface area contributed by atoms with Crippen LogP contribution in [0, 0.1) is 0 Å². The van der Waals surface area contributed by atoms with Crippen LogP contribution in [0.25, 0.3) is 0 Å². The third kappa shape index (κ3) is 4.42. The Labute approximate surface area is 116 Å². The topological polar surface area (TPSA) is 52.6 Å². The molecule has 1 aliphatic rings. The lowest BCUT2D eigenvalue weighted by Crippen LogP contribution is -1.96. The van der Waals surface area contributed by atoms with Crippen LogP contribution in [0.3, 0.4) is 0 Å². The molecule has 0 N–H and O–H groups in total. The van der Waals surface area contributed by atoms with Crippen molar-refractivity contribution in [3.63, 3.8) is 0 Å². The maximum absolute atomic E-state index is 9.92. The van der Waals surface area contributed by atoms with Crippen molar-refractivity contribution in [1.29, 1.82) is 0 Å². The fourth-order valence-corrected chi connectivity index (χ4v) is 1.42. The van der Waals surface area contributed by atoms with Gasteiger partial charge in [0, 0.05) is 12.2 Å². The number of cyclic esters (lactones) is 2. The van der Waals surface area contributed by atoms with Gasteiger partial charge in [0.15, 0.2) is 0 Å². The standard InChI is InChI=1S/C12H10O.C4H2O3/c1-3-7-11(8-4-1)13-12-9-5-2-6-10-12;5-3-1-2-4(6)7-3/h1-10H;1-2H. The highest BCUT2D eigenvalue weighted by atomic mass is 16.6. The van der Waals surface area contributed by atoms with E-state index >= 15 is 0 Å². The molecule has 0 atom stereocenters. The van der Waals surface area contributed by atoms with E-state index in [4.69, 9.17) is 4.74 Å². The molecule has 0 saturated carbocycles. The zero-order valence-corrected chi connectivity index (χ0v) is 10.6. The first-order chi connectivity index (χ1) is 9.74. The summed E-state index contributed by atoms with van der Waals surface area (Å²) in [4.78, 5) is 19.8. The third-order valence-electron chi connectivity index (χ3n) is 2.28. The molecule has 2 aromatic carbocycles. The Morgan fingerprint density at radius 3 is 1.35 bits per heavy atom. The van der Waals surface area contributed by atoms with Crippen molar-refractivity contribution in [2.24, 2.45) is 0 Å². The minimum atomic E-state index is -0.579. The summed E-state index contributed by atoms with van der Waals surface area (Å²) >= 11 is 0. The molecule has 0 spiro atoms. The number of hydrogen-bond donors (Lipinski definition) is 0. The van der Waals surface area contributed by atoms with Crippen molar-refractivity contribution in [3.05, 3.63) is 72.8 Å². The summed E-state index contributed by atoms with van der Waals surface area (Å²) in [6, 6.07) is 19.5. The molecule has 4 nitrogen and oxygen atoms in total. The van der Waals surface area contributed by atoms with Crippen LogP contribution in [-0.2, 0) is 14.3 Å². The fourth-order valence-electron chi connectivity index (χ4n) is 1.42. The normalized spacial score (nSPS) is 12.4. The quantitative estimate of drug-likeness (QED) is 0.620. The smallest absolute Gasteiger partial charge is 0.338 e. The van der Waals surface area contributed by atoms with E-state index in [2.05, 4.69) is 4.74 Å². The molecular formula is C16H12O4. The number of esters is 2. The van der Waals surface area contributed by atoms with Crippen LogP contribution in [0.4, 0.5) is 0 Å². The lowest BCUT2D eigenvalue weighted by Gasteiger charge is -2.03. The van der Waals surface area contributed by atoms with E-state index < -0.39 is 11.9 Å². The number of benzene rings is 2. The molecule has 2 aromatic rings. The van der Waals surface area contributed by atoms with Crippen molar-refractivity contribution >= 4 is 11.9 Å². The summed E-state index contributed by atoms with van der Waals surface area (Å²) in [5, 5.41) is 0. The summed E-state index contributed by atoms with van der Waals surface area (Å²) in [6.45, 7) is 0. The molecule has 1 heterocycles. The lowest BCUT2D eigenvalue weighted by molar-refractivity contribution is -0.150. The molecule has 0 bridgehead atoms. The van der Waals surface area contributed by atoms with E-state index in [0.29, 0.717) is 0 Å². The maximum Gasteiger partial charge on any atom is 0.338 e. The van der Waals surface area contributed by atoms with Gasteiger partial charge in [-0.1, -0.05) is 36.4 Å². The van der Waals surface area contributed by atoms with Gasteiger partial charge in [0.1, 0.15) is 11.5 Å². The van der Waals surface area contributed by atoms with E-state index in [0.717, 1.165) is 23.7 Å². The average molecular weight is 268 g/mol. The van der Waals surface area contributed by atoms with Crippen molar-refractivity contribution in [1.82, 2.24) is 0 Å². The van der Waals surface area contributed by atoms with Crippen LogP contribution in [0.2, 0.25) is 0 Å². The molecule has 0 amide bonds. The Hall–Kier alpha value is -2.88. The van der Waals surface area contributed by atoms with Gasteiger partial charge >= 0.3 is 11.9 Å². The van der Waals surface area contributed by atoms with Crippen LogP contribution < -0.4 is 4.74 Å². The first kappa shape index (κ1) is 13.5. The van der Waals surface area contributed by atoms with E-state index in [9.17, 15) is 9.59 Å². The van der Waals surface area contributed by atoms with Crippen molar-refractivity contribution in [2.45, 2.75) is 0 Å². The minimum Gasteiger partial charge on any atom is -0.457 e. The zero-order valence-electron chi connectivity index (χ0n) is 10.6. The molecule has 0 unspecified atom stereocenters. The molecule has 0 radical (unpaired) electrons. The molecule has 0 aromatic heterocycles. The Balaban J connectivity index is 0.000000178. The van der Waals surface area contributed by atoms with E-state index in [1.54, 1.807) is 0 Å². The van der Waals surface area contributed by atoms with Crippen molar-refractivity contribution in [2.75, 3.05) is 0 Å². The van der Waals surface area contributed by atoms with Crippen LogP contribution in [0.15, 0.2) is 72.8 Å². The van der Waals surface area contributed by atoms with Crippen LogP contribution >= 0.6 is 0 Å². The van der Waals surface area contributed by atoms with Gasteiger partial charge in [-0.05, 0) is 24.3 Å². The molecule has 100 valence electrons. The number of carbonyl (C=O) groups is 2. The third-order valence-corrected chi connectivity index (χ3v) is 2.28. The predicted molar refractivity (Wildman–Crippen MR) is 73.2 cm³/mol. The van der Waals surface area contributed by atoms with Gasteiger partial charge in [-0.3, -0.25) is 0 Å². The van der Waals surface area contributed by atoms with Gasteiger partial charge in [-0.2, -0.15) is 0 Å². The lowest BCUT2D eigenvalue weighted by atomic mass is 10.3. The van der Waals surface area contributed by atoms with Gasteiger partial charge in [0.25, 0.3) is 0 Å². The largest absolute Gasteiger partial charge is 0.457 e. The van der Waals surface area contributed by atoms with Gasteiger partial charge in [-0.15, -0.1) is 0 Å². The Morgan fingerprint density at radius 2 is 1.05 bits per heavy atom. The molecule has 0 fully saturated rings. The maximum atomic E-state index is 9.92. The summed E-state index contributed by atoms with van der Waals surface area (Å²) in [5.41, 5.74) is 0. The van der Waals surface area contributed by atoms with Gasteiger partial charge in [0.05, 0.1) is 0 Å². The van der Waals surface area contributed by atoms with Crippen LogP contribution in [0.1, 0.15) is 0 Å². The molecule has 0 aliphatic carbocycles. The highest BCUT2D eigenvalue weighted by molar-refractivity contribution is 6.04. The average Bonchev–Trinajstić information content (AvgIpc) is 2.85. The summed E-state index contributed by atoms with van der Waals surface area (Å²) in [7, 11) is 0. The van der Waals surface area contributed by atoms with Gasteiger partial charge in [0.2, 0.25) is 0 Å². The molecular weight excluding hydrogens is 256 g/mol. The Morgan fingerprint density at radius 1 is 0.650 bits per heavy atom. The Kier molecular flexibility index (Phi) is 4.67. The molecule has 20 heavy (non-hydrogen) atoms. The SMILES string of the molecule is O=C1C=CC(=O)O1.c1ccc(Oc2ccccc2)cc1. The number of ether oxygens (including phenoxy) is 2. The number of rotatable bonds is 2. The number of hydrogen-bond acceptors (Lipinski definition) is 4. The van der Waals surface area contributed by atoms with E-state index in [1.165, 1.54) is 0 Å². The second-order valence-corrected chi connectivity index (χ2v) is 3.80. The first-order valence-electron chi connectivity index (χ1n) is 5.96. The van der Waals surface area contributed by atoms with E-state index in [-0.39, 0.29) is 0 Å². The summed E-state index contributed by atoms with van der Waals surface area (Å²) < 4.78 is 9.55. The zero-order chi connectivity index (χ0) is 14.2. The van der Waals surface area contributed by atoms with Crippen LogP contribution in [0.5, 0.6) is 11.5 Å². The molecule has 4 heteroatoms. The number of para-hydroxylation sites is 2. The highest BCUT2D eigenvalue weighted by Gasteiger charge is 2.10. The summed E-state index contributed by atoms with van der Waals surface area (Å²) in [6.07, 6.45) is 2.17. The van der Waals surface area contributed by atoms with Crippen molar-refractivity contribution in [3.8, 4) is 11.5 Å². The second-order valence-electron chi connectivity index (χ2n) is 3.80.